The Labute approximate surface area is 151 Å². The van der Waals surface area contributed by atoms with Crippen molar-refractivity contribution in [1.82, 2.24) is 29.3 Å². The molecule has 0 aromatic carbocycles. The van der Waals surface area contributed by atoms with E-state index in [1.54, 1.807) is 17.1 Å². The van der Waals surface area contributed by atoms with E-state index in [2.05, 4.69) is 15.2 Å². The van der Waals surface area contributed by atoms with Crippen molar-refractivity contribution < 1.29 is 22.4 Å². The molecule has 0 spiro atoms. The zero-order valence-electron chi connectivity index (χ0n) is 14.5. The maximum atomic E-state index is 13.2. The molecule has 11 heteroatoms. The first kappa shape index (κ1) is 18.8. The van der Waals surface area contributed by atoms with Crippen LogP contribution >= 0.6 is 0 Å². The van der Waals surface area contributed by atoms with Crippen molar-refractivity contribution in [1.29, 1.82) is 0 Å². The van der Waals surface area contributed by atoms with Gasteiger partial charge in [-0.05, 0) is 13.0 Å². The van der Waals surface area contributed by atoms with E-state index in [-0.39, 0.29) is 17.9 Å². The number of fused-ring (bicyclic) bond motifs is 1. The molecule has 3 aromatic rings. The van der Waals surface area contributed by atoms with Crippen LogP contribution in [0.25, 0.3) is 5.65 Å². The molecular formula is C16H16F4N6O. The number of alkyl halides is 4. The van der Waals surface area contributed by atoms with Gasteiger partial charge in [-0.3, -0.25) is 9.48 Å². The number of carbonyl (C=O) groups excluding carboxylic acids is 1. The molecule has 0 bridgehead atoms. The van der Waals surface area contributed by atoms with Gasteiger partial charge >= 0.3 is 0 Å². The Morgan fingerprint density at radius 3 is 2.56 bits per heavy atom. The van der Waals surface area contributed by atoms with Crippen LogP contribution in [0.1, 0.15) is 47.2 Å². The Kier molecular flexibility index (Phi) is 5.10. The lowest BCUT2D eigenvalue weighted by atomic mass is 10.3. The molecule has 27 heavy (non-hydrogen) atoms. The molecule has 0 aliphatic rings. The smallest absolute Gasteiger partial charge is 0.280 e. The highest BCUT2D eigenvalue weighted by molar-refractivity contribution is 5.93. The molecule has 3 aromatic heterocycles. The largest absolute Gasteiger partial charge is 0.336 e. The second-order valence-electron chi connectivity index (χ2n) is 5.87. The highest BCUT2D eigenvalue weighted by atomic mass is 19.3. The second-order valence-corrected chi connectivity index (χ2v) is 5.87. The van der Waals surface area contributed by atoms with Crippen molar-refractivity contribution in [2.45, 2.75) is 32.9 Å². The van der Waals surface area contributed by atoms with Crippen molar-refractivity contribution in [3.63, 3.8) is 0 Å². The number of hydrogen-bond acceptors (Lipinski definition) is 4. The normalized spacial score (nSPS) is 11.7. The summed E-state index contributed by atoms with van der Waals surface area (Å²) in [4.78, 5) is 17.5. The molecule has 0 saturated carbocycles. The molecule has 0 radical (unpaired) electrons. The first-order valence-corrected chi connectivity index (χ1v) is 8.03. The molecule has 3 rings (SSSR count). The summed E-state index contributed by atoms with van der Waals surface area (Å²) < 4.78 is 54.6. The Balaban J connectivity index is 1.91. The molecule has 0 unspecified atom stereocenters. The van der Waals surface area contributed by atoms with Gasteiger partial charge in [0.25, 0.3) is 18.8 Å². The zero-order valence-corrected chi connectivity index (χ0v) is 14.5. The van der Waals surface area contributed by atoms with Crippen LogP contribution in [-0.4, -0.2) is 42.2 Å². The van der Waals surface area contributed by atoms with Gasteiger partial charge in [-0.2, -0.15) is 10.2 Å². The van der Waals surface area contributed by atoms with Crippen molar-refractivity contribution >= 4 is 11.6 Å². The van der Waals surface area contributed by atoms with E-state index in [1.165, 1.54) is 11.9 Å². The third-order valence-electron chi connectivity index (χ3n) is 3.92. The average molecular weight is 384 g/mol. The summed E-state index contributed by atoms with van der Waals surface area (Å²) >= 11 is 0. The summed E-state index contributed by atoms with van der Waals surface area (Å²) in [7, 11) is 1.52. The molecule has 0 aliphatic carbocycles. The molecule has 7 nitrogen and oxygen atoms in total. The minimum atomic E-state index is -3.05. The SMILES string of the molecule is CCn1cc(CN(C)C(=O)c2cc3nc(C(F)F)cc(C(F)F)n3n2)cn1. The molecule has 0 saturated heterocycles. The number of hydrogen-bond donors (Lipinski definition) is 0. The molecule has 144 valence electrons. The Hall–Kier alpha value is -2.98. The fourth-order valence-electron chi connectivity index (χ4n) is 2.59. The molecule has 0 fully saturated rings. The van der Waals surface area contributed by atoms with Gasteiger partial charge in [0, 0.05) is 38.0 Å². The lowest BCUT2D eigenvalue weighted by molar-refractivity contribution is 0.0778. The number of aryl methyl sites for hydroxylation is 1. The lowest BCUT2D eigenvalue weighted by Crippen LogP contribution is -2.26. The van der Waals surface area contributed by atoms with Gasteiger partial charge in [0.15, 0.2) is 11.3 Å². The van der Waals surface area contributed by atoms with Crippen LogP contribution in [0.3, 0.4) is 0 Å². The van der Waals surface area contributed by atoms with E-state index in [9.17, 15) is 22.4 Å². The van der Waals surface area contributed by atoms with Crippen molar-refractivity contribution in [2.75, 3.05) is 7.05 Å². The quantitative estimate of drug-likeness (QED) is 0.613. The molecule has 0 N–H and O–H groups in total. The Morgan fingerprint density at radius 1 is 1.22 bits per heavy atom. The minimum absolute atomic E-state index is 0.166. The summed E-state index contributed by atoms with van der Waals surface area (Å²) in [6, 6.07) is 1.71. The van der Waals surface area contributed by atoms with Crippen molar-refractivity contribution in [3.05, 3.63) is 47.2 Å². The van der Waals surface area contributed by atoms with Crippen LogP contribution in [0.2, 0.25) is 0 Å². The first-order chi connectivity index (χ1) is 12.8. The van der Waals surface area contributed by atoms with E-state index in [0.29, 0.717) is 17.1 Å². The predicted octanol–water partition coefficient (Wildman–Crippen LogP) is 3.09. The maximum Gasteiger partial charge on any atom is 0.280 e. The molecular weight excluding hydrogens is 368 g/mol. The number of halogens is 4. The number of carbonyl (C=O) groups is 1. The van der Waals surface area contributed by atoms with E-state index in [1.807, 2.05) is 6.92 Å². The van der Waals surface area contributed by atoms with Gasteiger partial charge < -0.3 is 4.90 Å². The van der Waals surface area contributed by atoms with Gasteiger partial charge in [0.2, 0.25) is 0 Å². The summed E-state index contributed by atoms with van der Waals surface area (Å²) in [5.41, 5.74) is -1.17. The van der Waals surface area contributed by atoms with Crippen LogP contribution in [0.5, 0.6) is 0 Å². The summed E-state index contributed by atoms with van der Waals surface area (Å²) in [5, 5.41) is 7.94. The Morgan fingerprint density at radius 2 is 1.96 bits per heavy atom. The van der Waals surface area contributed by atoms with Crippen LogP contribution < -0.4 is 0 Å². The molecule has 0 aliphatic heterocycles. The standard InChI is InChI=1S/C16H16F4N6O/c1-3-25-8-9(6-21-25)7-24(2)16(27)11-5-13-22-10(14(17)18)4-12(15(19)20)26(13)23-11/h4-6,8,14-15H,3,7H2,1-2H3. The van der Waals surface area contributed by atoms with Gasteiger partial charge in [-0.25, -0.2) is 27.1 Å². The third kappa shape index (κ3) is 3.76. The molecule has 0 atom stereocenters. The summed E-state index contributed by atoms with van der Waals surface area (Å²) in [5.74, 6) is -0.552. The molecule has 3 heterocycles. The number of rotatable bonds is 6. The van der Waals surface area contributed by atoms with Crippen molar-refractivity contribution in [2.24, 2.45) is 0 Å². The monoisotopic (exact) mass is 384 g/mol. The fraction of sp³-hybridized carbons (Fsp3) is 0.375. The number of amides is 1. The van der Waals surface area contributed by atoms with Gasteiger partial charge in [0.05, 0.1) is 6.20 Å². The van der Waals surface area contributed by atoms with E-state index < -0.39 is 30.1 Å². The van der Waals surface area contributed by atoms with E-state index in [0.717, 1.165) is 11.6 Å². The Bertz CT molecular complexity index is 967. The minimum Gasteiger partial charge on any atom is -0.336 e. The fourth-order valence-corrected chi connectivity index (χ4v) is 2.59. The third-order valence-corrected chi connectivity index (χ3v) is 3.92. The van der Waals surface area contributed by atoms with Gasteiger partial charge in [-0.15, -0.1) is 0 Å². The van der Waals surface area contributed by atoms with Crippen molar-refractivity contribution in [3.8, 4) is 0 Å². The zero-order chi connectivity index (χ0) is 19.7. The van der Waals surface area contributed by atoms with Gasteiger partial charge in [0.1, 0.15) is 11.4 Å². The maximum absolute atomic E-state index is 13.2. The second kappa shape index (κ2) is 7.33. The molecule has 1 amide bonds. The highest BCUT2D eigenvalue weighted by Crippen LogP contribution is 2.25. The van der Waals surface area contributed by atoms with Crippen LogP contribution in [0, 0.1) is 0 Å². The predicted molar refractivity (Wildman–Crippen MR) is 86.6 cm³/mol. The van der Waals surface area contributed by atoms with Crippen LogP contribution in [-0.2, 0) is 13.1 Å². The average Bonchev–Trinajstić information content (AvgIpc) is 3.25. The number of nitrogens with zero attached hydrogens (tertiary/aromatic N) is 6. The van der Waals surface area contributed by atoms with Crippen LogP contribution in [0.15, 0.2) is 24.5 Å². The van der Waals surface area contributed by atoms with E-state index >= 15 is 0 Å². The van der Waals surface area contributed by atoms with Gasteiger partial charge in [-0.1, -0.05) is 0 Å². The number of aromatic nitrogens is 5. The summed E-state index contributed by atoms with van der Waals surface area (Å²) in [6.45, 7) is 2.83. The summed E-state index contributed by atoms with van der Waals surface area (Å²) in [6.07, 6.45) is -2.67. The topological polar surface area (TPSA) is 68.3 Å². The first-order valence-electron chi connectivity index (χ1n) is 8.03. The lowest BCUT2D eigenvalue weighted by Gasteiger charge is -2.14. The highest BCUT2D eigenvalue weighted by Gasteiger charge is 2.23. The van der Waals surface area contributed by atoms with E-state index in [4.69, 9.17) is 0 Å². The van der Waals surface area contributed by atoms with Crippen LogP contribution in [0.4, 0.5) is 17.6 Å².